The van der Waals surface area contributed by atoms with E-state index in [1.807, 2.05) is 13.8 Å². The average molecular weight is 286 g/mol. The Balaban J connectivity index is 2.16. The Bertz CT molecular complexity index is 596. The first-order chi connectivity index (χ1) is 9.02. The van der Waals surface area contributed by atoms with Crippen LogP contribution in [0.4, 0.5) is 14.5 Å². The molecule has 102 valence electrons. The number of aromatic nitrogens is 2. The van der Waals surface area contributed by atoms with E-state index in [4.69, 9.17) is 11.6 Å². The second-order valence-electron chi connectivity index (χ2n) is 4.14. The Hall–Kier alpha value is -1.62. The molecule has 0 amide bonds. The van der Waals surface area contributed by atoms with Crippen molar-refractivity contribution in [1.82, 2.24) is 9.78 Å². The van der Waals surface area contributed by atoms with Crippen LogP contribution >= 0.6 is 11.6 Å². The SMILES string of the molecule is CCn1nc(C)c(Cl)c1CNc1ccc(F)c(F)c1. The van der Waals surface area contributed by atoms with Crippen LogP contribution < -0.4 is 5.32 Å². The van der Waals surface area contributed by atoms with Crippen LogP contribution in [0.15, 0.2) is 18.2 Å². The van der Waals surface area contributed by atoms with Crippen molar-refractivity contribution in [1.29, 1.82) is 0 Å². The first-order valence-corrected chi connectivity index (χ1v) is 6.31. The molecule has 2 aromatic rings. The fraction of sp³-hybridized carbons (Fsp3) is 0.308. The molecule has 0 spiro atoms. The Morgan fingerprint density at radius 3 is 2.68 bits per heavy atom. The van der Waals surface area contributed by atoms with Crippen LogP contribution in [0.5, 0.6) is 0 Å². The van der Waals surface area contributed by atoms with Gasteiger partial charge in [0.25, 0.3) is 0 Å². The highest BCUT2D eigenvalue weighted by Crippen LogP contribution is 2.22. The van der Waals surface area contributed by atoms with Gasteiger partial charge < -0.3 is 5.32 Å². The van der Waals surface area contributed by atoms with Crippen LogP contribution in [-0.2, 0) is 13.1 Å². The Morgan fingerprint density at radius 2 is 2.05 bits per heavy atom. The van der Waals surface area contributed by atoms with Gasteiger partial charge in [-0.05, 0) is 26.0 Å². The van der Waals surface area contributed by atoms with Crippen LogP contribution in [0.3, 0.4) is 0 Å². The highest BCUT2D eigenvalue weighted by molar-refractivity contribution is 6.31. The van der Waals surface area contributed by atoms with Crippen molar-refractivity contribution in [3.63, 3.8) is 0 Å². The molecule has 19 heavy (non-hydrogen) atoms. The number of halogens is 3. The van der Waals surface area contributed by atoms with Crippen LogP contribution in [-0.4, -0.2) is 9.78 Å². The standard InChI is InChI=1S/C13H14ClF2N3/c1-3-19-12(13(14)8(2)18-19)7-17-9-4-5-10(15)11(16)6-9/h4-6,17H,3,7H2,1-2H3. The molecule has 0 bridgehead atoms. The van der Waals surface area contributed by atoms with Gasteiger partial charge in [-0.1, -0.05) is 11.6 Å². The molecular weight excluding hydrogens is 272 g/mol. The fourth-order valence-corrected chi connectivity index (χ4v) is 2.03. The zero-order chi connectivity index (χ0) is 14.0. The zero-order valence-corrected chi connectivity index (χ0v) is 11.4. The lowest BCUT2D eigenvalue weighted by Gasteiger charge is -2.09. The van der Waals surface area contributed by atoms with Crippen molar-refractivity contribution in [2.75, 3.05) is 5.32 Å². The predicted octanol–water partition coefficient (Wildman–Crippen LogP) is 3.76. The molecule has 0 aliphatic rings. The summed E-state index contributed by atoms with van der Waals surface area (Å²) in [4.78, 5) is 0. The molecular formula is C13H14ClF2N3. The molecule has 0 fully saturated rings. The molecule has 0 saturated heterocycles. The summed E-state index contributed by atoms with van der Waals surface area (Å²) in [6, 6.07) is 3.68. The maximum atomic E-state index is 13.1. The van der Waals surface area contributed by atoms with Crippen LogP contribution in [0.25, 0.3) is 0 Å². The van der Waals surface area contributed by atoms with Crippen LogP contribution in [0.1, 0.15) is 18.3 Å². The number of anilines is 1. The molecule has 0 aliphatic heterocycles. The summed E-state index contributed by atoms with van der Waals surface area (Å²) in [7, 11) is 0. The number of rotatable bonds is 4. The Kier molecular flexibility index (Phi) is 4.04. The Morgan fingerprint density at radius 1 is 1.32 bits per heavy atom. The van der Waals surface area contributed by atoms with Gasteiger partial charge in [0.15, 0.2) is 11.6 Å². The molecule has 0 aliphatic carbocycles. The summed E-state index contributed by atoms with van der Waals surface area (Å²) < 4.78 is 27.7. The lowest BCUT2D eigenvalue weighted by molar-refractivity contribution is 0.509. The van der Waals surface area contributed by atoms with Crippen LogP contribution in [0, 0.1) is 18.6 Å². The largest absolute Gasteiger partial charge is 0.379 e. The van der Waals surface area contributed by atoms with E-state index in [0.29, 0.717) is 23.8 Å². The molecule has 0 atom stereocenters. The van der Waals surface area contributed by atoms with Gasteiger partial charge in [0, 0.05) is 18.3 Å². The molecule has 6 heteroatoms. The first-order valence-electron chi connectivity index (χ1n) is 5.93. The number of hydrogen-bond acceptors (Lipinski definition) is 2. The van der Waals surface area contributed by atoms with Gasteiger partial charge in [-0.2, -0.15) is 5.10 Å². The molecule has 0 radical (unpaired) electrons. The minimum absolute atomic E-state index is 0.401. The molecule has 1 aromatic heterocycles. The van der Waals surface area contributed by atoms with Crippen molar-refractivity contribution in [2.45, 2.75) is 26.9 Å². The maximum Gasteiger partial charge on any atom is 0.160 e. The monoisotopic (exact) mass is 285 g/mol. The third kappa shape index (κ3) is 2.87. The lowest BCUT2D eigenvalue weighted by atomic mass is 10.3. The third-order valence-corrected chi connectivity index (χ3v) is 3.32. The first kappa shape index (κ1) is 13.8. The van der Waals surface area contributed by atoms with Gasteiger partial charge in [-0.25, -0.2) is 8.78 Å². The van der Waals surface area contributed by atoms with Gasteiger partial charge in [0.1, 0.15) is 0 Å². The van der Waals surface area contributed by atoms with Gasteiger partial charge >= 0.3 is 0 Å². The minimum atomic E-state index is -0.878. The van der Waals surface area contributed by atoms with Gasteiger partial charge in [0.05, 0.1) is 23.0 Å². The highest BCUT2D eigenvalue weighted by Gasteiger charge is 2.12. The topological polar surface area (TPSA) is 29.9 Å². The molecule has 2 rings (SSSR count). The predicted molar refractivity (Wildman–Crippen MR) is 71.3 cm³/mol. The number of hydrogen-bond donors (Lipinski definition) is 1. The molecule has 1 aromatic carbocycles. The quantitative estimate of drug-likeness (QED) is 0.927. The molecule has 0 saturated carbocycles. The summed E-state index contributed by atoms with van der Waals surface area (Å²) >= 11 is 6.16. The average Bonchev–Trinajstić information content (AvgIpc) is 2.67. The normalized spacial score (nSPS) is 10.8. The number of nitrogens with one attached hydrogen (secondary N) is 1. The van der Waals surface area contributed by atoms with Gasteiger partial charge in [-0.3, -0.25) is 4.68 Å². The summed E-state index contributed by atoms with van der Waals surface area (Å²) in [5.41, 5.74) is 2.08. The van der Waals surface area contributed by atoms with Crippen molar-refractivity contribution in [3.05, 3.63) is 46.2 Å². The summed E-state index contributed by atoms with van der Waals surface area (Å²) in [5.74, 6) is -1.74. The fourth-order valence-electron chi connectivity index (χ4n) is 1.83. The van der Waals surface area contributed by atoms with E-state index in [2.05, 4.69) is 10.4 Å². The molecule has 1 heterocycles. The summed E-state index contributed by atoms with van der Waals surface area (Å²) in [6.45, 7) is 4.89. The second-order valence-corrected chi connectivity index (χ2v) is 4.52. The van der Waals surface area contributed by atoms with Crippen molar-refractivity contribution in [2.24, 2.45) is 0 Å². The van der Waals surface area contributed by atoms with E-state index in [1.165, 1.54) is 6.07 Å². The number of nitrogens with zero attached hydrogens (tertiary/aromatic N) is 2. The smallest absolute Gasteiger partial charge is 0.160 e. The van der Waals surface area contributed by atoms with E-state index in [9.17, 15) is 8.78 Å². The van der Waals surface area contributed by atoms with E-state index in [1.54, 1.807) is 4.68 Å². The minimum Gasteiger partial charge on any atom is -0.379 e. The van der Waals surface area contributed by atoms with E-state index in [-0.39, 0.29) is 0 Å². The van der Waals surface area contributed by atoms with Crippen LogP contribution in [0.2, 0.25) is 5.02 Å². The van der Waals surface area contributed by atoms with Gasteiger partial charge in [-0.15, -0.1) is 0 Å². The Labute approximate surface area is 115 Å². The summed E-state index contributed by atoms with van der Waals surface area (Å²) in [5, 5.41) is 7.88. The number of aryl methyl sites for hydroxylation is 2. The zero-order valence-electron chi connectivity index (χ0n) is 10.7. The lowest BCUT2D eigenvalue weighted by Crippen LogP contribution is -2.08. The van der Waals surface area contributed by atoms with Crippen molar-refractivity contribution in [3.8, 4) is 0 Å². The van der Waals surface area contributed by atoms with Crippen molar-refractivity contribution < 1.29 is 8.78 Å². The van der Waals surface area contributed by atoms with E-state index >= 15 is 0 Å². The maximum absolute atomic E-state index is 13.1. The van der Waals surface area contributed by atoms with Crippen molar-refractivity contribution >= 4 is 17.3 Å². The van der Waals surface area contributed by atoms with Gasteiger partial charge in [0.2, 0.25) is 0 Å². The highest BCUT2D eigenvalue weighted by atomic mass is 35.5. The van der Waals surface area contributed by atoms with E-state index < -0.39 is 11.6 Å². The van der Waals surface area contributed by atoms with E-state index in [0.717, 1.165) is 23.5 Å². The second kappa shape index (κ2) is 5.57. The molecule has 0 unspecified atom stereocenters. The third-order valence-electron chi connectivity index (χ3n) is 2.83. The molecule has 3 nitrogen and oxygen atoms in total. The number of benzene rings is 1. The molecule has 1 N–H and O–H groups in total. The summed E-state index contributed by atoms with van der Waals surface area (Å²) in [6.07, 6.45) is 0.